The number of amides is 4. The molecule has 17 heteroatoms. The van der Waals surface area contributed by atoms with E-state index in [1.54, 1.807) is 13.8 Å². The van der Waals surface area contributed by atoms with Crippen LogP contribution in [0.3, 0.4) is 0 Å². The first kappa shape index (κ1) is 39.3. The Hall–Kier alpha value is -5.42. The van der Waals surface area contributed by atoms with E-state index in [1.165, 1.54) is 41.7 Å². The zero-order valence-corrected chi connectivity index (χ0v) is 32.1. The lowest BCUT2D eigenvalue weighted by atomic mass is 9.95. The predicted molar refractivity (Wildman–Crippen MR) is 199 cm³/mol. The number of rotatable bonds is 13. The van der Waals surface area contributed by atoms with Crippen molar-refractivity contribution in [3.05, 3.63) is 66.9 Å². The van der Waals surface area contributed by atoms with Gasteiger partial charge in [0.2, 0.25) is 0 Å². The SMILES string of the molecule is CCOC(=O)c1c(NC(=O)COC(=O)c2ccc3c(c2)C(=O)N([C@@H](C)C(=O)OCC(=O)Nc2sc4c(c2C(=O)OCC)CCCC4)C3=O)sc2c1CCCC2. The van der Waals surface area contributed by atoms with E-state index in [0.29, 0.717) is 38.9 Å². The van der Waals surface area contributed by atoms with Crippen molar-refractivity contribution in [2.75, 3.05) is 37.1 Å². The summed E-state index contributed by atoms with van der Waals surface area (Å²) < 4.78 is 20.8. The maximum Gasteiger partial charge on any atom is 0.341 e. The normalized spacial score (nSPS) is 14.9. The molecule has 2 aromatic heterocycles. The second-order valence-corrected chi connectivity index (χ2v) is 15.2. The minimum Gasteiger partial charge on any atom is -0.462 e. The van der Waals surface area contributed by atoms with E-state index < -0.39 is 66.8 Å². The van der Waals surface area contributed by atoms with Crippen molar-refractivity contribution in [2.45, 2.75) is 78.2 Å². The highest BCUT2D eigenvalue weighted by Crippen LogP contribution is 2.40. The molecule has 0 fully saturated rings. The molecular formula is C38H39N3O12S2. The topological polar surface area (TPSA) is 201 Å². The van der Waals surface area contributed by atoms with Crippen LogP contribution in [-0.4, -0.2) is 84.9 Å². The van der Waals surface area contributed by atoms with Crippen molar-refractivity contribution in [3.8, 4) is 0 Å². The average Bonchev–Trinajstić information content (AvgIpc) is 3.80. The summed E-state index contributed by atoms with van der Waals surface area (Å²) >= 11 is 2.57. The molecule has 1 atom stereocenters. The summed E-state index contributed by atoms with van der Waals surface area (Å²) in [5, 5.41) is 5.92. The first-order chi connectivity index (χ1) is 26.4. The average molecular weight is 794 g/mol. The molecule has 1 aliphatic heterocycles. The van der Waals surface area contributed by atoms with Gasteiger partial charge in [0.15, 0.2) is 13.2 Å². The van der Waals surface area contributed by atoms with E-state index in [9.17, 15) is 38.4 Å². The van der Waals surface area contributed by atoms with Crippen LogP contribution in [0.2, 0.25) is 0 Å². The molecule has 1 aromatic carbocycles. The summed E-state index contributed by atoms with van der Waals surface area (Å²) in [5.41, 5.74) is 1.96. The number of nitrogens with one attached hydrogen (secondary N) is 2. The summed E-state index contributed by atoms with van der Waals surface area (Å²) in [6.45, 7) is 3.52. The van der Waals surface area contributed by atoms with Gasteiger partial charge in [-0.25, -0.2) is 19.2 Å². The number of hydrogen-bond acceptors (Lipinski definition) is 14. The number of aryl methyl sites for hydroxylation is 2. The molecule has 0 saturated heterocycles. The molecule has 3 heterocycles. The third-order valence-corrected chi connectivity index (χ3v) is 11.8. The summed E-state index contributed by atoms with van der Waals surface area (Å²) in [6, 6.07) is 2.18. The Labute approximate surface area is 323 Å². The molecule has 0 bridgehead atoms. The van der Waals surface area contributed by atoms with Crippen LogP contribution in [-0.2, 0) is 59.0 Å². The van der Waals surface area contributed by atoms with Crippen LogP contribution in [0.1, 0.15) is 119 Å². The highest BCUT2D eigenvalue weighted by atomic mass is 32.1. The van der Waals surface area contributed by atoms with Gasteiger partial charge in [-0.3, -0.25) is 24.1 Å². The number of imide groups is 1. The zero-order valence-electron chi connectivity index (χ0n) is 30.5. The fourth-order valence-electron chi connectivity index (χ4n) is 6.79. The highest BCUT2D eigenvalue weighted by molar-refractivity contribution is 7.17. The number of benzene rings is 1. The van der Waals surface area contributed by atoms with Crippen molar-refractivity contribution in [1.29, 1.82) is 0 Å². The molecule has 290 valence electrons. The Morgan fingerprint density at radius 2 is 1.16 bits per heavy atom. The Morgan fingerprint density at radius 3 is 1.69 bits per heavy atom. The fraction of sp³-hybridized carbons (Fsp3) is 0.421. The largest absolute Gasteiger partial charge is 0.462 e. The molecule has 3 aromatic rings. The van der Waals surface area contributed by atoms with Gasteiger partial charge in [-0.2, -0.15) is 0 Å². The van der Waals surface area contributed by atoms with E-state index in [4.69, 9.17) is 18.9 Å². The number of ether oxygens (including phenoxy) is 4. The van der Waals surface area contributed by atoms with Crippen LogP contribution in [0.4, 0.5) is 10.0 Å². The molecule has 0 spiro atoms. The van der Waals surface area contributed by atoms with Gasteiger partial charge >= 0.3 is 23.9 Å². The molecule has 55 heavy (non-hydrogen) atoms. The Bertz CT molecular complexity index is 2100. The van der Waals surface area contributed by atoms with Gasteiger partial charge in [0.1, 0.15) is 16.0 Å². The second kappa shape index (κ2) is 16.9. The van der Waals surface area contributed by atoms with Crippen LogP contribution in [0.15, 0.2) is 18.2 Å². The van der Waals surface area contributed by atoms with Crippen LogP contribution in [0.5, 0.6) is 0 Å². The van der Waals surface area contributed by atoms with Crippen molar-refractivity contribution in [3.63, 3.8) is 0 Å². The highest BCUT2D eigenvalue weighted by Gasteiger charge is 2.42. The third-order valence-electron chi connectivity index (χ3n) is 9.37. The molecule has 4 amide bonds. The van der Waals surface area contributed by atoms with E-state index >= 15 is 0 Å². The first-order valence-corrected chi connectivity index (χ1v) is 19.6. The van der Waals surface area contributed by atoms with Gasteiger partial charge < -0.3 is 29.6 Å². The van der Waals surface area contributed by atoms with Gasteiger partial charge in [-0.05, 0) is 101 Å². The van der Waals surface area contributed by atoms with E-state index in [-0.39, 0.29) is 29.9 Å². The summed E-state index contributed by atoms with van der Waals surface area (Å²) in [5.74, 6) is -6.18. The lowest BCUT2D eigenvalue weighted by Gasteiger charge is -2.20. The standard InChI is InChI=1S/C38H39N3O12S2/c1-4-50-37(48)29-22-10-6-8-12-25(22)54-31(29)39-27(42)17-52-35(46)19(3)41-33(44)21-15-14-20(16-24(21)34(41)45)36(47)53-18-28(43)40-32-30(38(49)51-5-2)23-11-7-9-13-26(23)55-32/h14-16,19H,4-13,17-18H2,1-3H3,(H,39,42)(H,40,43)/t19-/m0/s1. The number of carbonyl (C=O) groups excluding carboxylic acids is 8. The third kappa shape index (κ3) is 8.17. The number of esters is 4. The minimum atomic E-state index is -1.44. The molecule has 2 aliphatic carbocycles. The monoisotopic (exact) mass is 793 g/mol. The maximum absolute atomic E-state index is 13.4. The van der Waals surface area contributed by atoms with Crippen molar-refractivity contribution < 1.29 is 57.3 Å². The Morgan fingerprint density at radius 1 is 0.673 bits per heavy atom. The molecule has 2 N–H and O–H groups in total. The minimum absolute atomic E-state index is 0.0713. The van der Waals surface area contributed by atoms with E-state index in [0.717, 1.165) is 65.5 Å². The predicted octanol–water partition coefficient (Wildman–Crippen LogP) is 4.88. The Balaban J connectivity index is 1.04. The second-order valence-electron chi connectivity index (χ2n) is 13.0. The number of fused-ring (bicyclic) bond motifs is 3. The summed E-state index contributed by atoms with van der Waals surface area (Å²) in [4.78, 5) is 106. The molecule has 0 radical (unpaired) electrons. The van der Waals surface area contributed by atoms with Crippen LogP contribution in [0, 0.1) is 0 Å². The summed E-state index contributed by atoms with van der Waals surface area (Å²) in [7, 11) is 0. The van der Waals surface area contributed by atoms with Crippen LogP contribution < -0.4 is 10.6 Å². The van der Waals surface area contributed by atoms with Crippen LogP contribution in [0.25, 0.3) is 0 Å². The van der Waals surface area contributed by atoms with E-state index in [2.05, 4.69) is 10.6 Å². The first-order valence-electron chi connectivity index (χ1n) is 18.0. The number of hydrogen-bond donors (Lipinski definition) is 2. The quantitative estimate of drug-likeness (QED) is 0.135. The van der Waals surface area contributed by atoms with Gasteiger partial charge in [0.05, 0.1) is 41.0 Å². The smallest absolute Gasteiger partial charge is 0.341 e. The van der Waals surface area contributed by atoms with E-state index in [1.807, 2.05) is 0 Å². The van der Waals surface area contributed by atoms with Crippen molar-refractivity contribution in [2.24, 2.45) is 0 Å². The number of nitrogens with zero attached hydrogens (tertiary/aromatic N) is 1. The number of thiophene rings is 2. The molecule has 6 rings (SSSR count). The number of carbonyl (C=O) groups is 8. The molecule has 0 saturated carbocycles. The lowest BCUT2D eigenvalue weighted by molar-refractivity contribution is -0.150. The molecule has 3 aliphatic rings. The maximum atomic E-state index is 13.4. The number of anilines is 2. The lowest BCUT2D eigenvalue weighted by Crippen LogP contribution is -2.44. The van der Waals surface area contributed by atoms with Crippen LogP contribution >= 0.6 is 22.7 Å². The van der Waals surface area contributed by atoms with Crippen molar-refractivity contribution in [1.82, 2.24) is 4.90 Å². The van der Waals surface area contributed by atoms with Crippen molar-refractivity contribution >= 4 is 80.2 Å². The fourth-order valence-corrected chi connectivity index (χ4v) is 9.37. The van der Waals surface area contributed by atoms with Gasteiger partial charge in [-0.15, -0.1) is 22.7 Å². The molecule has 15 nitrogen and oxygen atoms in total. The van der Waals surface area contributed by atoms with Gasteiger partial charge in [-0.1, -0.05) is 0 Å². The van der Waals surface area contributed by atoms with Gasteiger partial charge in [0.25, 0.3) is 23.6 Å². The molecule has 0 unspecified atom stereocenters. The molecular weight excluding hydrogens is 755 g/mol. The van der Waals surface area contributed by atoms with Gasteiger partial charge in [0, 0.05) is 9.75 Å². The Kier molecular flexibility index (Phi) is 12.1. The summed E-state index contributed by atoms with van der Waals surface area (Å²) in [6.07, 6.45) is 6.66. The zero-order chi connectivity index (χ0) is 39.4.